The summed E-state index contributed by atoms with van der Waals surface area (Å²) in [4.78, 5) is 20.8. The van der Waals surface area contributed by atoms with Crippen molar-refractivity contribution >= 4 is 39.3 Å². The molecule has 3 aromatic rings. The van der Waals surface area contributed by atoms with Crippen LogP contribution in [0.15, 0.2) is 18.3 Å². The van der Waals surface area contributed by atoms with Gasteiger partial charge in [-0.25, -0.2) is 14.8 Å². The van der Waals surface area contributed by atoms with E-state index in [2.05, 4.69) is 30.8 Å². The largest absolute Gasteiger partial charge is 0.446 e. The molecule has 0 saturated heterocycles. The number of fused-ring (bicyclic) bond motifs is 1. The highest BCUT2D eigenvalue weighted by Crippen LogP contribution is 2.36. The van der Waals surface area contributed by atoms with Crippen LogP contribution in [0.25, 0.3) is 10.2 Å². The molecule has 4 rings (SSSR count). The highest BCUT2D eigenvalue weighted by molar-refractivity contribution is 7.19. The summed E-state index contributed by atoms with van der Waals surface area (Å²) in [5.41, 5.74) is 1.92. The van der Waals surface area contributed by atoms with Gasteiger partial charge in [-0.15, -0.1) is 11.3 Å². The lowest BCUT2D eigenvalue weighted by molar-refractivity contribution is 0.0981. The topological polar surface area (TPSA) is 114 Å². The third-order valence-corrected chi connectivity index (χ3v) is 6.02. The lowest BCUT2D eigenvalue weighted by atomic mass is 10.0. The van der Waals surface area contributed by atoms with Gasteiger partial charge in [0, 0.05) is 37.0 Å². The van der Waals surface area contributed by atoms with Crippen molar-refractivity contribution < 1.29 is 14.3 Å². The molecule has 0 aromatic carbocycles. The van der Waals surface area contributed by atoms with Gasteiger partial charge < -0.3 is 20.1 Å². The first-order valence-corrected chi connectivity index (χ1v) is 10.9. The Kier molecular flexibility index (Phi) is 6.14. The number of carbonyl (C=O) groups excluding carboxylic acids is 1. The number of rotatable bonds is 7. The molecule has 2 atom stereocenters. The molecule has 3 aromatic heterocycles. The van der Waals surface area contributed by atoms with Crippen LogP contribution >= 0.6 is 11.3 Å². The van der Waals surface area contributed by atoms with E-state index in [1.54, 1.807) is 24.6 Å². The second-order valence-electron chi connectivity index (χ2n) is 7.72. The van der Waals surface area contributed by atoms with Crippen molar-refractivity contribution in [2.45, 2.75) is 57.8 Å². The van der Waals surface area contributed by atoms with Gasteiger partial charge in [0.2, 0.25) is 0 Å². The minimum atomic E-state index is -0.348. The van der Waals surface area contributed by atoms with Crippen molar-refractivity contribution in [3.63, 3.8) is 0 Å². The summed E-state index contributed by atoms with van der Waals surface area (Å²) in [7, 11) is 1.66. The van der Waals surface area contributed by atoms with E-state index >= 15 is 0 Å². The van der Waals surface area contributed by atoms with Crippen LogP contribution in [0.5, 0.6) is 0 Å². The molecular weight excluding hydrogens is 404 g/mol. The monoisotopic (exact) mass is 430 g/mol. The smallest absolute Gasteiger partial charge is 0.407 e. The maximum atomic E-state index is 11.8. The van der Waals surface area contributed by atoms with E-state index in [0.29, 0.717) is 12.4 Å². The zero-order valence-electron chi connectivity index (χ0n) is 17.3. The summed E-state index contributed by atoms with van der Waals surface area (Å²) in [6.07, 6.45) is 3.90. The van der Waals surface area contributed by atoms with E-state index in [0.717, 1.165) is 46.0 Å². The lowest BCUT2D eigenvalue weighted by Crippen LogP contribution is -2.33. The fourth-order valence-corrected chi connectivity index (χ4v) is 4.63. The van der Waals surface area contributed by atoms with Crippen LogP contribution in [0, 0.1) is 0 Å². The molecule has 1 saturated carbocycles. The molecule has 2 unspecified atom stereocenters. The Morgan fingerprint density at radius 1 is 1.40 bits per heavy atom. The van der Waals surface area contributed by atoms with Crippen LogP contribution in [0.2, 0.25) is 0 Å². The molecule has 1 fully saturated rings. The Bertz CT molecular complexity index is 1020. The first kappa shape index (κ1) is 20.5. The van der Waals surface area contributed by atoms with Crippen LogP contribution in [-0.4, -0.2) is 45.5 Å². The minimum absolute atomic E-state index is 0.0677. The fourth-order valence-electron chi connectivity index (χ4n) is 3.66. The van der Waals surface area contributed by atoms with Crippen molar-refractivity contribution in [3.8, 4) is 0 Å². The Balaban J connectivity index is 1.40. The van der Waals surface area contributed by atoms with Crippen LogP contribution < -0.4 is 10.6 Å². The molecule has 30 heavy (non-hydrogen) atoms. The van der Waals surface area contributed by atoms with Gasteiger partial charge in [-0.3, -0.25) is 5.10 Å². The molecule has 1 aliphatic rings. The van der Waals surface area contributed by atoms with Crippen molar-refractivity contribution in [1.29, 1.82) is 0 Å². The standard InChI is InChI=1S/C20H26N6O3S/c1-11(2)22-20(27)29-13-5-4-12(8-13)15-9-16(26-25-15)24-19-18-14(6-7-21-19)23-17(30-18)10-28-3/h6-7,9,11-13H,4-5,8,10H2,1-3H3,(H,22,27)(H2,21,24,25,26). The van der Waals surface area contributed by atoms with Gasteiger partial charge in [0.1, 0.15) is 11.1 Å². The lowest BCUT2D eigenvalue weighted by Gasteiger charge is -2.14. The van der Waals surface area contributed by atoms with E-state index in [4.69, 9.17) is 9.47 Å². The Morgan fingerprint density at radius 3 is 3.07 bits per heavy atom. The summed E-state index contributed by atoms with van der Waals surface area (Å²) in [6, 6.07) is 3.96. The summed E-state index contributed by atoms with van der Waals surface area (Å²) < 4.78 is 11.7. The fraction of sp³-hybridized carbons (Fsp3) is 0.500. The van der Waals surface area contributed by atoms with E-state index in [1.807, 2.05) is 26.0 Å². The predicted molar refractivity (Wildman–Crippen MR) is 115 cm³/mol. The molecule has 0 aliphatic heterocycles. The molecule has 160 valence electrons. The summed E-state index contributed by atoms with van der Waals surface area (Å²) in [5, 5.41) is 14.5. The van der Waals surface area contributed by atoms with Gasteiger partial charge in [0.05, 0.1) is 16.8 Å². The van der Waals surface area contributed by atoms with Gasteiger partial charge in [0.15, 0.2) is 11.6 Å². The van der Waals surface area contributed by atoms with Crippen molar-refractivity contribution in [2.75, 3.05) is 12.4 Å². The van der Waals surface area contributed by atoms with Gasteiger partial charge in [-0.1, -0.05) is 0 Å². The van der Waals surface area contributed by atoms with Gasteiger partial charge in [0.25, 0.3) is 0 Å². The average Bonchev–Trinajstić information content (AvgIpc) is 3.41. The highest BCUT2D eigenvalue weighted by atomic mass is 32.1. The maximum Gasteiger partial charge on any atom is 0.407 e. The number of ether oxygens (including phenoxy) is 2. The number of nitrogens with one attached hydrogen (secondary N) is 3. The Hall–Kier alpha value is -2.72. The molecular formula is C20H26N6O3S. The number of methoxy groups -OCH3 is 1. The molecule has 0 radical (unpaired) electrons. The number of H-pyrrole nitrogens is 1. The normalized spacial score (nSPS) is 18.8. The molecule has 3 heterocycles. The zero-order chi connectivity index (χ0) is 21.1. The number of aromatic nitrogens is 4. The van der Waals surface area contributed by atoms with Crippen molar-refractivity contribution in [1.82, 2.24) is 25.5 Å². The summed E-state index contributed by atoms with van der Waals surface area (Å²) >= 11 is 1.56. The maximum absolute atomic E-state index is 11.8. The molecule has 0 spiro atoms. The second kappa shape index (κ2) is 8.97. The number of alkyl carbamates (subject to hydrolysis) is 1. The third-order valence-electron chi connectivity index (χ3n) is 4.97. The van der Waals surface area contributed by atoms with E-state index in [1.165, 1.54) is 0 Å². The zero-order valence-corrected chi connectivity index (χ0v) is 18.1. The number of carbonyl (C=O) groups is 1. The highest BCUT2D eigenvalue weighted by Gasteiger charge is 2.30. The molecule has 9 nitrogen and oxygen atoms in total. The SMILES string of the molecule is COCc1nc2ccnc(Nc3cc(C4CCC(OC(=O)NC(C)C)C4)[nH]n3)c2s1. The first-order valence-electron chi connectivity index (χ1n) is 10.0. The molecule has 1 amide bonds. The quantitative estimate of drug-likeness (QED) is 0.517. The van der Waals surface area contributed by atoms with Crippen LogP contribution in [0.4, 0.5) is 16.4 Å². The molecule has 0 bridgehead atoms. The number of aromatic amines is 1. The molecule has 10 heteroatoms. The van der Waals surface area contributed by atoms with Crippen molar-refractivity contribution in [3.05, 3.63) is 29.0 Å². The van der Waals surface area contributed by atoms with Crippen LogP contribution in [0.1, 0.15) is 49.7 Å². The second-order valence-corrected chi connectivity index (χ2v) is 8.80. The number of anilines is 2. The molecule has 1 aliphatic carbocycles. The Labute approximate surface area is 178 Å². The van der Waals surface area contributed by atoms with Crippen LogP contribution in [-0.2, 0) is 16.1 Å². The number of thiazole rings is 1. The molecule has 3 N–H and O–H groups in total. The number of pyridine rings is 1. The number of hydrogen-bond donors (Lipinski definition) is 3. The van der Waals surface area contributed by atoms with E-state index in [-0.39, 0.29) is 24.2 Å². The van der Waals surface area contributed by atoms with E-state index < -0.39 is 0 Å². The third kappa shape index (κ3) is 4.71. The Morgan fingerprint density at radius 2 is 2.27 bits per heavy atom. The van der Waals surface area contributed by atoms with Crippen LogP contribution in [0.3, 0.4) is 0 Å². The number of amides is 1. The predicted octanol–water partition coefficient (Wildman–Crippen LogP) is 4.08. The van der Waals surface area contributed by atoms with Gasteiger partial charge in [-0.05, 0) is 39.2 Å². The van der Waals surface area contributed by atoms with E-state index in [9.17, 15) is 4.79 Å². The first-order chi connectivity index (χ1) is 14.5. The number of hydrogen-bond acceptors (Lipinski definition) is 8. The minimum Gasteiger partial charge on any atom is -0.446 e. The van der Waals surface area contributed by atoms with Gasteiger partial charge in [-0.2, -0.15) is 5.10 Å². The van der Waals surface area contributed by atoms with Crippen molar-refractivity contribution in [2.24, 2.45) is 0 Å². The average molecular weight is 431 g/mol. The number of nitrogens with zero attached hydrogens (tertiary/aromatic N) is 3. The summed E-state index contributed by atoms with van der Waals surface area (Å²) in [6.45, 7) is 4.31. The van der Waals surface area contributed by atoms with Gasteiger partial charge >= 0.3 is 6.09 Å². The summed E-state index contributed by atoms with van der Waals surface area (Å²) in [5.74, 6) is 1.71.